The normalized spacial score (nSPS) is 26.9. The van der Waals surface area contributed by atoms with Gasteiger partial charge in [-0.2, -0.15) is 0 Å². The smallest absolute Gasteiger partial charge is 0.228 e. The molecule has 0 radical (unpaired) electrons. The van der Waals surface area contributed by atoms with Gasteiger partial charge in [-0.25, -0.2) is 0 Å². The van der Waals surface area contributed by atoms with Crippen molar-refractivity contribution in [3.63, 3.8) is 0 Å². The van der Waals surface area contributed by atoms with E-state index in [1.165, 1.54) is 0 Å². The highest BCUT2D eigenvalue weighted by atomic mass is 35.5. The molecule has 0 aromatic heterocycles. The number of benzene rings is 1. The number of rotatable bonds is 5. The van der Waals surface area contributed by atoms with Crippen LogP contribution in [-0.4, -0.2) is 35.4 Å². The van der Waals surface area contributed by atoms with Gasteiger partial charge in [0, 0.05) is 29.9 Å². The third-order valence-corrected chi connectivity index (χ3v) is 7.42. The zero-order valence-electron chi connectivity index (χ0n) is 17.4. The fourth-order valence-electron chi connectivity index (χ4n) is 5.25. The SMILES string of the molecule is NC(=O)C1C=CC=CC1(Oc1ccc(Cl)cc1Cl)C1CCN(C(=O)C2CCCC2)CC1. The maximum Gasteiger partial charge on any atom is 0.228 e. The number of amides is 2. The zero-order valence-corrected chi connectivity index (χ0v) is 18.9. The molecule has 166 valence electrons. The standard InChI is InChI=1S/C24H28Cl2N2O3/c25-18-8-9-21(20(26)15-18)31-24(12-4-3-7-19(24)22(27)29)17-10-13-28(14-11-17)23(30)16-5-1-2-6-16/h3-4,7-9,12,15-17,19H,1-2,5-6,10-11,13-14H2,(H2,27,29). The minimum absolute atomic E-state index is 0.00516. The molecule has 2 atom stereocenters. The fraction of sp³-hybridized carbons (Fsp3) is 0.500. The number of halogens is 2. The first kappa shape index (κ1) is 22.2. The van der Waals surface area contributed by atoms with Crippen LogP contribution in [0, 0.1) is 17.8 Å². The molecule has 2 N–H and O–H groups in total. The third kappa shape index (κ3) is 4.49. The van der Waals surface area contributed by atoms with Crippen LogP contribution in [0.15, 0.2) is 42.5 Å². The van der Waals surface area contributed by atoms with Crippen LogP contribution in [0.4, 0.5) is 0 Å². The van der Waals surface area contributed by atoms with Crippen molar-refractivity contribution in [3.05, 3.63) is 52.5 Å². The quantitative estimate of drug-likeness (QED) is 0.684. The van der Waals surface area contributed by atoms with Gasteiger partial charge in [0.25, 0.3) is 0 Å². The number of carbonyl (C=O) groups is 2. The minimum Gasteiger partial charge on any atom is -0.480 e. The van der Waals surface area contributed by atoms with E-state index >= 15 is 0 Å². The van der Waals surface area contributed by atoms with Crippen molar-refractivity contribution >= 4 is 35.0 Å². The molecule has 5 nitrogen and oxygen atoms in total. The number of nitrogens with zero attached hydrogens (tertiary/aromatic N) is 1. The van der Waals surface area contributed by atoms with E-state index in [-0.39, 0.29) is 17.7 Å². The van der Waals surface area contributed by atoms with Crippen molar-refractivity contribution in [2.24, 2.45) is 23.5 Å². The number of likely N-dealkylation sites (tertiary alicyclic amines) is 1. The predicted octanol–water partition coefficient (Wildman–Crippen LogP) is 4.77. The lowest BCUT2D eigenvalue weighted by Crippen LogP contribution is -2.56. The molecule has 1 aromatic carbocycles. The first-order chi connectivity index (χ1) is 14.9. The summed E-state index contributed by atoms with van der Waals surface area (Å²) < 4.78 is 6.50. The second-order valence-electron chi connectivity index (χ2n) is 8.74. The monoisotopic (exact) mass is 462 g/mol. The van der Waals surface area contributed by atoms with Gasteiger partial charge in [-0.1, -0.05) is 54.3 Å². The molecule has 2 amide bonds. The number of primary amides is 1. The predicted molar refractivity (Wildman–Crippen MR) is 122 cm³/mol. The molecule has 2 unspecified atom stereocenters. The second kappa shape index (κ2) is 9.25. The van der Waals surface area contributed by atoms with Crippen LogP contribution >= 0.6 is 23.2 Å². The van der Waals surface area contributed by atoms with Crippen molar-refractivity contribution in [2.45, 2.75) is 44.1 Å². The van der Waals surface area contributed by atoms with E-state index in [0.29, 0.717) is 28.9 Å². The molecule has 3 aliphatic rings. The van der Waals surface area contributed by atoms with E-state index in [4.69, 9.17) is 33.7 Å². The Balaban J connectivity index is 1.58. The summed E-state index contributed by atoms with van der Waals surface area (Å²) >= 11 is 12.4. The molecule has 1 aromatic rings. The number of allylic oxidation sites excluding steroid dienone is 2. The molecule has 1 heterocycles. The van der Waals surface area contributed by atoms with Gasteiger partial charge >= 0.3 is 0 Å². The van der Waals surface area contributed by atoms with Crippen LogP contribution in [0.1, 0.15) is 38.5 Å². The Morgan fingerprint density at radius 1 is 1.06 bits per heavy atom. The molecule has 1 saturated heterocycles. The molecule has 0 bridgehead atoms. The van der Waals surface area contributed by atoms with E-state index in [1.54, 1.807) is 24.3 Å². The molecular weight excluding hydrogens is 435 g/mol. The van der Waals surface area contributed by atoms with Gasteiger partial charge in [0.15, 0.2) is 0 Å². The van der Waals surface area contributed by atoms with E-state index in [1.807, 2.05) is 23.1 Å². The third-order valence-electron chi connectivity index (χ3n) is 6.89. The highest BCUT2D eigenvalue weighted by molar-refractivity contribution is 6.35. The van der Waals surface area contributed by atoms with Crippen molar-refractivity contribution in [1.29, 1.82) is 0 Å². The number of ether oxygens (including phenoxy) is 1. The molecule has 2 fully saturated rings. The summed E-state index contributed by atoms with van der Waals surface area (Å²) in [5.74, 6) is -0.170. The van der Waals surface area contributed by atoms with Gasteiger partial charge in [0.05, 0.1) is 10.9 Å². The van der Waals surface area contributed by atoms with Gasteiger partial charge in [-0.3, -0.25) is 9.59 Å². The number of carbonyl (C=O) groups excluding carboxylic acids is 2. The van der Waals surface area contributed by atoms with Crippen LogP contribution in [0.3, 0.4) is 0 Å². The Morgan fingerprint density at radius 3 is 2.42 bits per heavy atom. The van der Waals surface area contributed by atoms with Crippen molar-refractivity contribution in [1.82, 2.24) is 4.90 Å². The van der Waals surface area contributed by atoms with Gasteiger partial charge < -0.3 is 15.4 Å². The summed E-state index contributed by atoms with van der Waals surface area (Å²) in [5.41, 5.74) is 4.84. The summed E-state index contributed by atoms with van der Waals surface area (Å²) in [5, 5.41) is 0.891. The Hall–Kier alpha value is -1.98. The van der Waals surface area contributed by atoms with Crippen molar-refractivity contribution in [2.75, 3.05) is 13.1 Å². The van der Waals surface area contributed by atoms with Gasteiger partial charge in [-0.15, -0.1) is 0 Å². The van der Waals surface area contributed by atoms with Gasteiger partial charge in [0.2, 0.25) is 11.8 Å². The lowest BCUT2D eigenvalue weighted by molar-refractivity contribution is -0.139. The largest absolute Gasteiger partial charge is 0.480 e. The average Bonchev–Trinajstić information content (AvgIpc) is 3.30. The minimum atomic E-state index is -0.958. The van der Waals surface area contributed by atoms with E-state index in [9.17, 15) is 9.59 Å². The van der Waals surface area contributed by atoms with Crippen LogP contribution in [0.5, 0.6) is 5.75 Å². The van der Waals surface area contributed by atoms with E-state index in [0.717, 1.165) is 38.5 Å². The van der Waals surface area contributed by atoms with E-state index in [2.05, 4.69) is 0 Å². The van der Waals surface area contributed by atoms with Crippen LogP contribution in [0.2, 0.25) is 10.0 Å². The number of hydrogen-bond donors (Lipinski definition) is 1. The number of hydrogen-bond acceptors (Lipinski definition) is 3. The summed E-state index contributed by atoms with van der Waals surface area (Å²) in [7, 11) is 0. The number of piperidine rings is 1. The zero-order chi connectivity index (χ0) is 22.0. The first-order valence-corrected chi connectivity index (χ1v) is 11.7. The summed E-state index contributed by atoms with van der Waals surface area (Å²) in [4.78, 5) is 27.3. The van der Waals surface area contributed by atoms with Crippen molar-refractivity contribution < 1.29 is 14.3 Å². The molecule has 0 spiro atoms. The lowest BCUT2D eigenvalue weighted by atomic mass is 9.70. The molecule has 7 heteroatoms. The second-order valence-corrected chi connectivity index (χ2v) is 9.58. The molecule has 1 saturated carbocycles. The van der Waals surface area contributed by atoms with Gasteiger partial charge in [0.1, 0.15) is 11.4 Å². The summed E-state index contributed by atoms with van der Waals surface area (Å²) in [6.45, 7) is 1.31. The summed E-state index contributed by atoms with van der Waals surface area (Å²) in [6.07, 6.45) is 13.2. The molecule has 31 heavy (non-hydrogen) atoms. The van der Waals surface area contributed by atoms with Crippen LogP contribution in [0.25, 0.3) is 0 Å². The molecular formula is C24H28Cl2N2O3. The molecule has 2 aliphatic carbocycles. The maximum atomic E-state index is 12.9. The highest BCUT2D eigenvalue weighted by Crippen LogP contribution is 2.44. The Morgan fingerprint density at radius 2 is 1.77 bits per heavy atom. The fourth-order valence-corrected chi connectivity index (χ4v) is 5.70. The van der Waals surface area contributed by atoms with E-state index < -0.39 is 17.4 Å². The molecule has 1 aliphatic heterocycles. The molecule has 4 rings (SSSR count). The van der Waals surface area contributed by atoms with Crippen LogP contribution in [-0.2, 0) is 9.59 Å². The average molecular weight is 463 g/mol. The number of nitrogens with two attached hydrogens (primary N) is 1. The topological polar surface area (TPSA) is 72.6 Å². The maximum absolute atomic E-state index is 12.9. The first-order valence-electron chi connectivity index (χ1n) is 11.0. The highest BCUT2D eigenvalue weighted by Gasteiger charge is 2.50. The Kier molecular flexibility index (Phi) is 6.63. The van der Waals surface area contributed by atoms with Crippen LogP contribution < -0.4 is 10.5 Å². The van der Waals surface area contributed by atoms with Crippen molar-refractivity contribution in [3.8, 4) is 5.75 Å². The Bertz CT molecular complexity index is 902. The van der Waals surface area contributed by atoms with Gasteiger partial charge in [-0.05, 0) is 50.0 Å². The Labute approximate surface area is 193 Å². The summed E-state index contributed by atoms with van der Waals surface area (Å²) in [6, 6.07) is 5.05. The lowest BCUT2D eigenvalue weighted by Gasteiger charge is -2.46.